The fourth-order valence-corrected chi connectivity index (χ4v) is 9.44. The van der Waals surface area contributed by atoms with E-state index in [4.69, 9.17) is 0 Å². The van der Waals surface area contributed by atoms with E-state index >= 15 is 0 Å². The van der Waals surface area contributed by atoms with E-state index in [0.29, 0.717) is 42.6 Å². The number of fused-ring (bicyclic) bond motifs is 12. The zero-order valence-corrected chi connectivity index (χ0v) is 34.4. The van der Waals surface area contributed by atoms with Crippen LogP contribution in [0, 0.1) is 11.3 Å². The number of hydrogen-bond acceptors (Lipinski definition) is 9. The zero-order chi connectivity index (χ0) is 41.7. The highest BCUT2D eigenvalue weighted by atomic mass is 32.2. The van der Waals surface area contributed by atoms with Gasteiger partial charge < -0.3 is 25.3 Å². The van der Waals surface area contributed by atoms with Gasteiger partial charge in [0, 0.05) is 46.1 Å². The Morgan fingerprint density at radius 2 is 1.74 bits per heavy atom. The molecule has 2 unspecified atom stereocenters. The number of anilines is 1. The minimum Gasteiger partial charge on any atom is -0.372 e. The third kappa shape index (κ3) is 7.73. The number of carbonyl (C=O) groups excluding carboxylic acids is 4. The Hall–Kier alpha value is -5.51. The summed E-state index contributed by atoms with van der Waals surface area (Å²) in [6, 6.07) is 9.96. The third-order valence-corrected chi connectivity index (χ3v) is 13.6. The quantitative estimate of drug-likeness (QED) is 0.302. The van der Waals surface area contributed by atoms with E-state index in [-0.39, 0.29) is 25.9 Å². The number of nitrogens with zero attached hydrogens (tertiary/aromatic N) is 5. The lowest BCUT2D eigenvalue weighted by Gasteiger charge is -2.36. The minimum absolute atomic E-state index is 0.0555. The Labute approximate surface area is 338 Å². The molecule has 0 spiro atoms. The molecule has 1 saturated heterocycles. The Balaban J connectivity index is 1.33. The van der Waals surface area contributed by atoms with Crippen molar-refractivity contribution in [3.63, 3.8) is 0 Å². The molecule has 58 heavy (non-hydrogen) atoms. The highest BCUT2D eigenvalue weighted by Crippen LogP contribution is 2.46. The summed E-state index contributed by atoms with van der Waals surface area (Å²) in [5.74, 6) is -2.68. The number of likely N-dealkylation sites (N-methyl/N-ethyl adjacent to an activating group) is 1. The van der Waals surface area contributed by atoms with Gasteiger partial charge in [-0.05, 0) is 47.4 Å². The maximum atomic E-state index is 15.0. The average molecular weight is 813 g/mol. The van der Waals surface area contributed by atoms with E-state index < -0.39 is 79.6 Å². The smallest absolute Gasteiger partial charge is 0.318 e. The molecule has 5 amide bonds. The van der Waals surface area contributed by atoms with Gasteiger partial charge >= 0.3 is 6.03 Å². The van der Waals surface area contributed by atoms with Crippen molar-refractivity contribution in [1.82, 2.24) is 34.9 Å². The molecule has 2 aliphatic carbocycles. The van der Waals surface area contributed by atoms with Crippen LogP contribution in [0.3, 0.4) is 0 Å². The molecule has 8 rings (SSSR count). The molecule has 0 radical (unpaired) electrons. The lowest BCUT2D eigenvalue weighted by molar-refractivity contribution is -0.142. The van der Waals surface area contributed by atoms with Crippen LogP contribution in [-0.2, 0) is 24.4 Å². The lowest BCUT2D eigenvalue weighted by Crippen LogP contribution is -2.61. The molecule has 3 aliphatic heterocycles. The maximum Gasteiger partial charge on any atom is 0.318 e. The van der Waals surface area contributed by atoms with E-state index in [1.54, 1.807) is 34.0 Å². The van der Waals surface area contributed by atoms with Crippen molar-refractivity contribution in [1.29, 1.82) is 0 Å². The molecule has 5 atom stereocenters. The number of amides is 5. The van der Waals surface area contributed by atoms with Crippen molar-refractivity contribution in [2.75, 3.05) is 38.6 Å². The van der Waals surface area contributed by atoms with Crippen LogP contribution in [-0.4, -0.2) is 108 Å². The van der Waals surface area contributed by atoms with Gasteiger partial charge in [0.05, 0.1) is 28.7 Å². The van der Waals surface area contributed by atoms with E-state index in [1.807, 2.05) is 66.6 Å². The first-order valence-corrected chi connectivity index (χ1v) is 21.3. The molecule has 3 aromatic rings. The maximum absolute atomic E-state index is 15.0. The number of sulfonamides is 1. The predicted octanol–water partition coefficient (Wildman–Crippen LogP) is 3.33. The minimum atomic E-state index is -3.94. The summed E-state index contributed by atoms with van der Waals surface area (Å²) in [6.07, 6.45) is 8.53. The van der Waals surface area contributed by atoms with Crippen LogP contribution in [0.1, 0.15) is 58.9 Å². The first kappa shape index (κ1) is 40.7. The van der Waals surface area contributed by atoms with Crippen LogP contribution in [0.4, 0.5) is 10.5 Å². The van der Waals surface area contributed by atoms with Crippen molar-refractivity contribution in [3.05, 3.63) is 83.8 Å². The van der Waals surface area contributed by atoms with Gasteiger partial charge in [-0.2, -0.15) is 5.10 Å². The molecule has 3 N–H and O–H groups in total. The molecule has 308 valence electrons. The normalized spacial score (nSPS) is 26.1. The fourth-order valence-electron chi connectivity index (χ4n) is 8.08. The molecule has 1 aromatic heterocycles. The van der Waals surface area contributed by atoms with Crippen molar-refractivity contribution >= 4 is 50.2 Å². The second-order valence-electron chi connectivity index (χ2n) is 17.1. The van der Waals surface area contributed by atoms with E-state index in [0.717, 1.165) is 10.8 Å². The number of hydrogen-bond donors (Lipinski definition) is 3. The monoisotopic (exact) mass is 812 g/mol. The summed E-state index contributed by atoms with van der Waals surface area (Å²) < 4.78 is 29.1. The average Bonchev–Trinajstić information content (AvgIpc) is 4.11. The first-order valence-electron chi connectivity index (χ1n) is 19.8. The largest absolute Gasteiger partial charge is 0.372 e. The number of urea groups is 1. The van der Waals surface area contributed by atoms with Crippen molar-refractivity contribution in [2.24, 2.45) is 11.3 Å². The van der Waals surface area contributed by atoms with E-state index in [2.05, 4.69) is 27.0 Å². The number of nitrogens with one attached hydrogen (secondary N) is 3. The van der Waals surface area contributed by atoms with Gasteiger partial charge in [0.25, 0.3) is 11.5 Å². The molecule has 16 heteroatoms. The highest BCUT2D eigenvalue weighted by molar-refractivity contribution is 7.91. The summed E-state index contributed by atoms with van der Waals surface area (Å²) in [5, 5.41) is 11.5. The zero-order valence-electron chi connectivity index (χ0n) is 33.6. The van der Waals surface area contributed by atoms with Gasteiger partial charge in [0.1, 0.15) is 17.6 Å². The van der Waals surface area contributed by atoms with Crippen LogP contribution >= 0.6 is 0 Å². The van der Waals surface area contributed by atoms with Gasteiger partial charge in [-0.15, -0.1) is 6.58 Å². The number of benzene rings is 2. The van der Waals surface area contributed by atoms with Crippen LogP contribution < -0.4 is 25.8 Å². The van der Waals surface area contributed by atoms with Crippen molar-refractivity contribution < 1.29 is 27.6 Å². The van der Waals surface area contributed by atoms with Gasteiger partial charge in [-0.25, -0.2) is 17.9 Å². The molecule has 5 aliphatic rings. The second-order valence-corrected chi connectivity index (χ2v) is 19.0. The summed E-state index contributed by atoms with van der Waals surface area (Å²) in [6.45, 7) is 9.90. The molecule has 4 heterocycles. The van der Waals surface area contributed by atoms with Crippen LogP contribution in [0.15, 0.2) is 78.3 Å². The Morgan fingerprint density at radius 3 is 2.43 bits per heavy atom. The second kappa shape index (κ2) is 15.3. The molecule has 15 nitrogen and oxygen atoms in total. The Morgan fingerprint density at radius 1 is 1.02 bits per heavy atom. The first-order chi connectivity index (χ1) is 27.5. The van der Waals surface area contributed by atoms with Gasteiger partial charge in [-0.1, -0.05) is 81.5 Å². The summed E-state index contributed by atoms with van der Waals surface area (Å²) in [5.41, 5.74) is -1.10. The molecular weight excluding hydrogens is 761 g/mol. The lowest BCUT2D eigenvalue weighted by atomic mass is 9.85. The molecule has 2 saturated carbocycles. The van der Waals surface area contributed by atoms with Crippen LogP contribution in [0.5, 0.6) is 0 Å². The highest BCUT2D eigenvalue weighted by Gasteiger charge is 2.62. The molecule has 3 fully saturated rings. The molecular formula is C42H52N8O7S. The van der Waals surface area contributed by atoms with E-state index in [1.165, 1.54) is 20.6 Å². The van der Waals surface area contributed by atoms with E-state index in [9.17, 15) is 32.4 Å². The topological polar surface area (TPSA) is 183 Å². The Kier molecular flexibility index (Phi) is 10.8. The summed E-state index contributed by atoms with van der Waals surface area (Å²) in [7, 11) is -0.417. The van der Waals surface area contributed by atoms with Gasteiger partial charge in [-0.3, -0.25) is 23.9 Å². The SMILES string of the molecule is C=CC1CC1(NC(=O)[C@@H]1C[C@@H]2CN1C(=O)[C@H](C(C)(C)C)NC(=O)N(C)C/C=C/CCN(C)c1cnn2c(=O)c1-c1cccc2ccccc12)C(=O)NS(=O)(=O)C1CC1. The van der Waals surface area contributed by atoms with Crippen molar-refractivity contribution in [2.45, 2.75) is 81.8 Å². The molecule has 2 aromatic carbocycles. The number of aromatic nitrogens is 2. The van der Waals surface area contributed by atoms with Gasteiger partial charge in [0.15, 0.2) is 0 Å². The van der Waals surface area contributed by atoms with Crippen LogP contribution in [0.25, 0.3) is 21.9 Å². The molecule has 4 bridgehead atoms. The fraction of sp³-hybridized carbons (Fsp3) is 0.476. The Bertz CT molecular complexity index is 2360. The van der Waals surface area contributed by atoms with Crippen molar-refractivity contribution in [3.8, 4) is 11.1 Å². The van der Waals surface area contributed by atoms with Crippen LogP contribution in [0.2, 0.25) is 0 Å². The standard InChI is InChI=1S/C42H52N8O7S/c1-7-27-23-42(27,39(54)46-58(56,57)29-18-19-29)45-36(51)32-22-28-25-49(32)38(53)35(41(2,3)4)44-40(55)48(6)21-12-8-11-20-47(5)33-24-43-50(28)37(52)34(33)31-17-13-15-26-14-9-10-16-30(26)31/h7-10,12-17,24,27-29,32,35H,1,11,18-23,25H2,2-6H3,(H,44,55)(H,45,51)(H,46,54)/b12-8+/t27?,28-,32+,35-,42?/m1/s1. The summed E-state index contributed by atoms with van der Waals surface area (Å²) >= 11 is 0. The number of carbonyl (C=O) groups is 4. The number of rotatable bonds is 7. The summed E-state index contributed by atoms with van der Waals surface area (Å²) in [4.78, 5) is 76.4. The predicted molar refractivity (Wildman–Crippen MR) is 221 cm³/mol. The third-order valence-electron chi connectivity index (χ3n) is 11.8. The van der Waals surface area contributed by atoms with Gasteiger partial charge in [0.2, 0.25) is 21.8 Å².